The lowest BCUT2D eigenvalue weighted by Gasteiger charge is -2.06. The summed E-state index contributed by atoms with van der Waals surface area (Å²) in [7, 11) is 0. The minimum absolute atomic E-state index is 0.0788. The average Bonchev–Trinajstić information content (AvgIpc) is 2.16. The minimum atomic E-state index is -0.0788. The summed E-state index contributed by atoms with van der Waals surface area (Å²) in [6.07, 6.45) is 0. The van der Waals surface area contributed by atoms with Gasteiger partial charge < -0.3 is 10.6 Å². The van der Waals surface area contributed by atoms with E-state index in [2.05, 4.69) is 17.2 Å². The Hall–Kier alpha value is -1.48. The molecule has 15 heavy (non-hydrogen) atoms. The Morgan fingerprint density at radius 1 is 1.33 bits per heavy atom. The summed E-state index contributed by atoms with van der Waals surface area (Å²) in [5, 5.41) is 6.32. The maximum Gasteiger partial charge on any atom is 0.221 e. The molecule has 3 nitrogen and oxygen atoms in total. The van der Waals surface area contributed by atoms with Crippen LogP contribution >= 0.6 is 11.6 Å². The molecule has 0 saturated carbocycles. The van der Waals surface area contributed by atoms with E-state index < -0.39 is 0 Å². The van der Waals surface area contributed by atoms with E-state index >= 15 is 0 Å². The average molecular weight is 225 g/mol. The van der Waals surface area contributed by atoms with E-state index in [9.17, 15) is 4.79 Å². The first-order valence-corrected chi connectivity index (χ1v) is 4.90. The van der Waals surface area contributed by atoms with Crippen molar-refractivity contribution in [2.45, 2.75) is 6.92 Å². The maximum absolute atomic E-state index is 10.8. The molecule has 1 aromatic carbocycles. The molecular formula is C11H13ClN2O. The lowest BCUT2D eigenvalue weighted by Crippen LogP contribution is -2.06. The SMILES string of the molecule is C=C(Cl)CNc1ccc(NC(C)=O)cc1. The van der Waals surface area contributed by atoms with Gasteiger partial charge in [0.2, 0.25) is 5.91 Å². The van der Waals surface area contributed by atoms with E-state index in [0.717, 1.165) is 11.4 Å². The van der Waals surface area contributed by atoms with E-state index in [0.29, 0.717) is 11.6 Å². The molecule has 80 valence electrons. The molecule has 0 spiro atoms. The van der Waals surface area contributed by atoms with E-state index in [1.807, 2.05) is 24.3 Å². The monoisotopic (exact) mass is 224 g/mol. The molecule has 1 amide bonds. The van der Waals surface area contributed by atoms with Crippen LogP contribution < -0.4 is 10.6 Å². The zero-order valence-corrected chi connectivity index (χ0v) is 9.27. The van der Waals surface area contributed by atoms with Crippen LogP contribution in [0.15, 0.2) is 35.9 Å². The lowest BCUT2D eigenvalue weighted by molar-refractivity contribution is -0.114. The fourth-order valence-corrected chi connectivity index (χ4v) is 1.14. The first-order valence-electron chi connectivity index (χ1n) is 4.53. The molecule has 1 aromatic rings. The van der Waals surface area contributed by atoms with Crippen molar-refractivity contribution in [1.82, 2.24) is 0 Å². The van der Waals surface area contributed by atoms with Crippen molar-refractivity contribution in [3.05, 3.63) is 35.9 Å². The summed E-state index contributed by atoms with van der Waals surface area (Å²) >= 11 is 5.61. The lowest BCUT2D eigenvalue weighted by atomic mass is 10.2. The molecule has 0 radical (unpaired) electrons. The predicted octanol–water partition coefficient (Wildman–Crippen LogP) is 2.81. The van der Waals surface area contributed by atoms with Crippen molar-refractivity contribution in [3.63, 3.8) is 0 Å². The summed E-state index contributed by atoms with van der Waals surface area (Å²) in [5.41, 5.74) is 1.71. The number of hydrogen-bond donors (Lipinski definition) is 2. The number of nitrogens with one attached hydrogen (secondary N) is 2. The summed E-state index contributed by atoms with van der Waals surface area (Å²) in [5.74, 6) is -0.0788. The third-order valence-corrected chi connectivity index (χ3v) is 1.82. The molecule has 2 N–H and O–H groups in total. The molecule has 0 bridgehead atoms. The highest BCUT2D eigenvalue weighted by Gasteiger charge is 1.96. The molecular weight excluding hydrogens is 212 g/mol. The highest BCUT2D eigenvalue weighted by Crippen LogP contribution is 2.13. The van der Waals surface area contributed by atoms with Gasteiger partial charge in [-0.05, 0) is 24.3 Å². The number of anilines is 2. The van der Waals surface area contributed by atoms with Crippen LogP contribution in [0.4, 0.5) is 11.4 Å². The van der Waals surface area contributed by atoms with Crippen molar-refractivity contribution in [1.29, 1.82) is 0 Å². The van der Waals surface area contributed by atoms with Crippen LogP contribution in [0.5, 0.6) is 0 Å². The van der Waals surface area contributed by atoms with Gasteiger partial charge in [-0.1, -0.05) is 18.2 Å². The largest absolute Gasteiger partial charge is 0.380 e. The van der Waals surface area contributed by atoms with E-state index in [1.165, 1.54) is 6.92 Å². The standard InChI is InChI=1S/C11H13ClN2O/c1-8(12)7-13-10-3-5-11(6-4-10)14-9(2)15/h3-6,13H,1,7H2,2H3,(H,14,15). The van der Waals surface area contributed by atoms with Crippen LogP contribution in [-0.2, 0) is 4.79 Å². The number of benzene rings is 1. The van der Waals surface area contributed by atoms with Gasteiger partial charge in [-0.2, -0.15) is 0 Å². The number of halogens is 1. The van der Waals surface area contributed by atoms with Gasteiger partial charge in [-0.25, -0.2) is 0 Å². The van der Waals surface area contributed by atoms with Crippen LogP contribution in [0.3, 0.4) is 0 Å². The topological polar surface area (TPSA) is 41.1 Å². The smallest absolute Gasteiger partial charge is 0.221 e. The fraction of sp³-hybridized carbons (Fsp3) is 0.182. The molecule has 0 saturated heterocycles. The van der Waals surface area contributed by atoms with E-state index in [4.69, 9.17) is 11.6 Å². The second kappa shape index (κ2) is 5.41. The molecule has 0 aliphatic carbocycles. The molecule has 0 aliphatic heterocycles. The first kappa shape index (κ1) is 11.6. The van der Waals surface area contributed by atoms with Gasteiger partial charge in [0.1, 0.15) is 0 Å². The number of hydrogen-bond acceptors (Lipinski definition) is 2. The van der Waals surface area contributed by atoms with Crippen LogP contribution in [0.25, 0.3) is 0 Å². The van der Waals surface area contributed by atoms with Crippen LogP contribution in [0.1, 0.15) is 6.92 Å². The van der Waals surface area contributed by atoms with E-state index in [-0.39, 0.29) is 5.91 Å². The third-order valence-electron chi connectivity index (χ3n) is 1.69. The normalized spacial score (nSPS) is 9.47. The van der Waals surface area contributed by atoms with Crippen molar-refractivity contribution in [2.75, 3.05) is 17.2 Å². The van der Waals surface area contributed by atoms with Crippen molar-refractivity contribution < 1.29 is 4.79 Å². The third kappa shape index (κ3) is 4.51. The summed E-state index contributed by atoms with van der Waals surface area (Å²) in [6.45, 7) is 5.58. The highest BCUT2D eigenvalue weighted by molar-refractivity contribution is 6.29. The van der Waals surface area contributed by atoms with Gasteiger partial charge in [0.15, 0.2) is 0 Å². The highest BCUT2D eigenvalue weighted by atomic mass is 35.5. The number of carbonyl (C=O) groups excluding carboxylic acids is 1. The second-order valence-electron chi connectivity index (χ2n) is 3.13. The van der Waals surface area contributed by atoms with Crippen molar-refractivity contribution in [3.8, 4) is 0 Å². The van der Waals surface area contributed by atoms with Crippen LogP contribution in [-0.4, -0.2) is 12.5 Å². The van der Waals surface area contributed by atoms with Gasteiger partial charge in [-0.15, -0.1) is 0 Å². The van der Waals surface area contributed by atoms with Gasteiger partial charge in [0, 0.05) is 23.3 Å². The quantitative estimate of drug-likeness (QED) is 0.826. The molecule has 0 atom stereocenters. The molecule has 0 unspecified atom stereocenters. The van der Waals surface area contributed by atoms with Gasteiger partial charge >= 0.3 is 0 Å². The maximum atomic E-state index is 10.8. The first-order chi connectivity index (χ1) is 7.08. The van der Waals surface area contributed by atoms with Crippen LogP contribution in [0.2, 0.25) is 0 Å². The number of amides is 1. The predicted molar refractivity (Wildman–Crippen MR) is 64.2 cm³/mol. The Morgan fingerprint density at radius 2 is 1.87 bits per heavy atom. The second-order valence-corrected chi connectivity index (χ2v) is 3.66. The van der Waals surface area contributed by atoms with Gasteiger partial charge in [-0.3, -0.25) is 4.79 Å². The number of carbonyl (C=O) groups is 1. The Labute approximate surface area is 94.1 Å². The zero-order valence-electron chi connectivity index (χ0n) is 8.51. The van der Waals surface area contributed by atoms with E-state index in [1.54, 1.807) is 0 Å². The molecule has 0 aromatic heterocycles. The zero-order chi connectivity index (χ0) is 11.3. The molecule has 1 rings (SSSR count). The van der Waals surface area contributed by atoms with Crippen molar-refractivity contribution >= 4 is 28.9 Å². The Bertz CT molecular complexity index is 359. The molecule has 0 heterocycles. The number of rotatable bonds is 4. The molecule has 4 heteroatoms. The molecule has 0 fully saturated rings. The summed E-state index contributed by atoms with van der Waals surface area (Å²) < 4.78 is 0. The Balaban J connectivity index is 2.56. The molecule has 0 aliphatic rings. The Morgan fingerprint density at radius 3 is 2.33 bits per heavy atom. The summed E-state index contributed by atoms with van der Waals surface area (Å²) in [4.78, 5) is 10.8. The van der Waals surface area contributed by atoms with Gasteiger partial charge in [0.25, 0.3) is 0 Å². The fourth-order valence-electron chi connectivity index (χ4n) is 1.07. The van der Waals surface area contributed by atoms with Gasteiger partial charge in [0.05, 0.1) is 6.54 Å². The van der Waals surface area contributed by atoms with Crippen molar-refractivity contribution in [2.24, 2.45) is 0 Å². The summed E-state index contributed by atoms with van der Waals surface area (Å²) in [6, 6.07) is 7.37. The Kier molecular flexibility index (Phi) is 4.18. The van der Waals surface area contributed by atoms with Crippen LogP contribution in [0, 0.1) is 0 Å². The minimum Gasteiger partial charge on any atom is -0.380 e.